The monoisotopic (exact) mass is 294 g/mol. The maximum absolute atomic E-state index is 12.4. The lowest BCUT2D eigenvalue weighted by atomic mass is 10.1. The van der Waals surface area contributed by atoms with E-state index < -0.39 is 10.0 Å². The molecule has 0 radical (unpaired) electrons. The normalized spacial score (nSPS) is 11.6. The largest absolute Gasteiger partial charge is 0.325 e. The molecule has 2 aromatic rings. The second-order valence-corrected chi connectivity index (χ2v) is 6.11. The standard InChI is InChI=1S/C13H18N4O2S/c1-3-10-5-4-6-11(7-10)17-20(18,19)13-9(2)15-16-12(13)8-14/h4-7,17H,3,8,14H2,1-2H3,(H,15,16). The van der Waals surface area contributed by atoms with Gasteiger partial charge >= 0.3 is 0 Å². The molecule has 2 rings (SSSR count). The van der Waals surface area contributed by atoms with Gasteiger partial charge in [-0.1, -0.05) is 19.1 Å². The third kappa shape index (κ3) is 2.83. The highest BCUT2D eigenvalue weighted by Crippen LogP contribution is 2.21. The van der Waals surface area contributed by atoms with Crippen LogP contribution in [0.1, 0.15) is 23.9 Å². The zero-order valence-corrected chi connectivity index (χ0v) is 12.3. The van der Waals surface area contributed by atoms with Crippen molar-refractivity contribution in [2.24, 2.45) is 5.73 Å². The summed E-state index contributed by atoms with van der Waals surface area (Å²) in [5.41, 5.74) is 7.93. The van der Waals surface area contributed by atoms with Gasteiger partial charge in [0.2, 0.25) is 0 Å². The summed E-state index contributed by atoms with van der Waals surface area (Å²) in [6, 6.07) is 7.30. The van der Waals surface area contributed by atoms with Gasteiger partial charge in [-0.3, -0.25) is 9.82 Å². The van der Waals surface area contributed by atoms with Gasteiger partial charge in [0.05, 0.1) is 11.4 Å². The Morgan fingerprint density at radius 1 is 1.40 bits per heavy atom. The predicted molar refractivity (Wildman–Crippen MR) is 77.8 cm³/mol. The van der Waals surface area contributed by atoms with Crippen molar-refractivity contribution in [2.45, 2.75) is 31.7 Å². The minimum atomic E-state index is -3.69. The van der Waals surface area contributed by atoms with E-state index >= 15 is 0 Å². The molecule has 0 saturated carbocycles. The van der Waals surface area contributed by atoms with Crippen molar-refractivity contribution in [2.75, 3.05) is 4.72 Å². The molecule has 0 unspecified atom stereocenters. The van der Waals surface area contributed by atoms with Crippen molar-refractivity contribution in [3.63, 3.8) is 0 Å². The Bertz CT molecular complexity index is 707. The number of hydrogen-bond donors (Lipinski definition) is 3. The number of aromatic amines is 1. The van der Waals surface area contributed by atoms with Crippen LogP contribution in [0.5, 0.6) is 0 Å². The van der Waals surface area contributed by atoms with Gasteiger partial charge in [0, 0.05) is 12.2 Å². The molecule has 0 aliphatic heterocycles. The van der Waals surface area contributed by atoms with Crippen molar-refractivity contribution >= 4 is 15.7 Å². The van der Waals surface area contributed by atoms with Gasteiger partial charge in [0.25, 0.3) is 10.0 Å². The van der Waals surface area contributed by atoms with Gasteiger partial charge in [0.15, 0.2) is 0 Å². The molecular formula is C13H18N4O2S. The minimum Gasteiger partial charge on any atom is -0.325 e. The van der Waals surface area contributed by atoms with Crippen LogP contribution in [0.15, 0.2) is 29.2 Å². The lowest BCUT2D eigenvalue weighted by molar-refractivity contribution is 0.599. The summed E-state index contributed by atoms with van der Waals surface area (Å²) in [6.45, 7) is 3.74. The lowest BCUT2D eigenvalue weighted by Crippen LogP contribution is -2.16. The third-order valence-corrected chi connectivity index (χ3v) is 4.59. The number of H-pyrrole nitrogens is 1. The van der Waals surface area contributed by atoms with Crippen LogP contribution in [-0.4, -0.2) is 18.6 Å². The van der Waals surface area contributed by atoms with Crippen LogP contribution in [0, 0.1) is 6.92 Å². The molecular weight excluding hydrogens is 276 g/mol. The highest BCUT2D eigenvalue weighted by molar-refractivity contribution is 7.92. The molecule has 7 heteroatoms. The van der Waals surface area contributed by atoms with E-state index in [4.69, 9.17) is 5.73 Å². The second kappa shape index (κ2) is 5.64. The van der Waals surface area contributed by atoms with Crippen molar-refractivity contribution in [3.8, 4) is 0 Å². The van der Waals surface area contributed by atoms with Gasteiger partial charge in [-0.2, -0.15) is 5.10 Å². The third-order valence-electron chi connectivity index (χ3n) is 3.01. The van der Waals surface area contributed by atoms with Crippen LogP contribution in [0.25, 0.3) is 0 Å². The molecule has 108 valence electrons. The number of sulfonamides is 1. The quantitative estimate of drug-likeness (QED) is 0.778. The predicted octanol–water partition coefficient (Wildman–Crippen LogP) is 1.54. The highest BCUT2D eigenvalue weighted by atomic mass is 32.2. The number of benzene rings is 1. The van der Waals surface area contributed by atoms with Crippen LogP contribution >= 0.6 is 0 Å². The number of nitrogens with zero attached hydrogens (tertiary/aromatic N) is 1. The summed E-state index contributed by atoms with van der Waals surface area (Å²) in [5, 5.41) is 6.56. The number of nitrogens with one attached hydrogen (secondary N) is 2. The average Bonchev–Trinajstić information content (AvgIpc) is 2.80. The fourth-order valence-electron chi connectivity index (χ4n) is 2.03. The maximum Gasteiger partial charge on any atom is 0.265 e. The van der Waals surface area contributed by atoms with E-state index in [1.165, 1.54) is 0 Å². The van der Waals surface area contributed by atoms with Crippen LogP contribution in [0.3, 0.4) is 0 Å². The Labute approximate surface area is 118 Å². The first-order valence-electron chi connectivity index (χ1n) is 6.33. The lowest BCUT2D eigenvalue weighted by Gasteiger charge is -2.09. The molecule has 0 bridgehead atoms. The molecule has 0 amide bonds. The summed E-state index contributed by atoms with van der Waals surface area (Å²) in [7, 11) is -3.69. The van der Waals surface area contributed by atoms with Gasteiger partial charge in [-0.25, -0.2) is 8.42 Å². The topological polar surface area (TPSA) is 101 Å². The van der Waals surface area contributed by atoms with E-state index in [9.17, 15) is 8.42 Å². The molecule has 6 nitrogen and oxygen atoms in total. The van der Waals surface area contributed by atoms with Crippen LogP contribution in [-0.2, 0) is 23.0 Å². The summed E-state index contributed by atoms with van der Waals surface area (Å²) >= 11 is 0. The summed E-state index contributed by atoms with van der Waals surface area (Å²) < 4.78 is 27.4. The molecule has 0 saturated heterocycles. The fraction of sp³-hybridized carbons (Fsp3) is 0.308. The number of rotatable bonds is 5. The van der Waals surface area contributed by atoms with E-state index in [-0.39, 0.29) is 11.4 Å². The van der Waals surface area contributed by atoms with Crippen LogP contribution in [0.2, 0.25) is 0 Å². The molecule has 1 aromatic carbocycles. The Morgan fingerprint density at radius 2 is 2.15 bits per heavy atom. The Morgan fingerprint density at radius 3 is 2.80 bits per heavy atom. The van der Waals surface area contributed by atoms with Crippen molar-refractivity contribution < 1.29 is 8.42 Å². The van der Waals surface area contributed by atoms with Gasteiger partial charge in [-0.05, 0) is 31.0 Å². The second-order valence-electron chi connectivity index (χ2n) is 4.49. The van der Waals surface area contributed by atoms with Gasteiger partial charge < -0.3 is 5.73 Å². The Hall–Kier alpha value is -1.86. The smallest absolute Gasteiger partial charge is 0.265 e. The first-order valence-corrected chi connectivity index (χ1v) is 7.82. The molecule has 1 aromatic heterocycles. The molecule has 0 spiro atoms. The van der Waals surface area contributed by atoms with E-state index in [0.29, 0.717) is 17.1 Å². The summed E-state index contributed by atoms with van der Waals surface area (Å²) in [6.07, 6.45) is 0.842. The number of nitrogens with two attached hydrogens (primary N) is 1. The number of aromatic nitrogens is 2. The first-order chi connectivity index (χ1) is 9.47. The van der Waals surface area contributed by atoms with Crippen molar-refractivity contribution in [1.29, 1.82) is 0 Å². The summed E-state index contributed by atoms with van der Waals surface area (Å²) in [5.74, 6) is 0. The summed E-state index contributed by atoms with van der Waals surface area (Å²) in [4.78, 5) is 0.127. The Kier molecular flexibility index (Phi) is 4.10. The zero-order chi connectivity index (χ0) is 14.8. The Balaban J connectivity index is 2.38. The minimum absolute atomic E-state index is 0.0651. The molecule has 0 aliphatic carbocycles. The van der Waals surface area contributed by atoms with E-state index in [0.717, 1.165) is 12.0 Å². The first kappa shape index (κ1) is 14.5. The molecule has 0 atom stereocenters. The average molecular weight is 294 g/mol. The number of anilines is 1. The highest BCUT2D eigenvalue weighted by Gasteiger charge is 2.23. The number of hydrogen-bond acceptors (Lipinski definition) is 4. The molecule has 1 heterocycles. The van der Waals surface area contributed by atoms with Gasteiger partial charge in [0.1, 0.15) is 4.90 Å². The molecule has 20 heavy (non-hydrogen) atoms. The van der Waals surface area contributed by atoms with Gasteiger partial charge in [-0.15, -0.1) is 0 Å². The molecule has 0 fully saturated rings. The van der Waals surface area contributed by atoms with Crippen molar-refractivity contribution in [3.05, 3.63) is 41.2 Å². The van der Waals surface area contributed by atoms with E-state index in [1.807, 2.05) is 25.1 Å². The fourth-order valence-corrected chi connectivity index (χ4v) is 3.45. The molecule has 4 N–H and O–H groups in total. The van der Waals surface area contributed by atoms with Crippen LogP contribution < -0.4 is 10.5 Å². The number of aryl methyl sites for hydroxylation is 2. The molecule has 0 aliphatic rings. The van der Waals surface area contributed by atoms with Crippen LogP contribution in [0.4, 0.5) is 5.69 Å². The maximum atomic E-state index is 12.4. The van der Waals surface area contributed by atoms with Crippen molar-refractivity contribution in [1.82, 2.24) is 10.2 Å². The van der Waals surface area contributed by atoms with E-state index in [1.54, 1.807) is 13.0 Å². The van der Waals surface area contributed by atoms with E-state index in [2.05, 4.69) is 14.9 Å². The zero-order valence-electron chi connectivity index (χ0n) is 11.5. The SMILES string of the molecule is CCc1cccc(NS(=O)(=O)c2c(CN)n[nH]c2C)c1.